The monoisotopic (exact) mass is 220 g/mol. The third kappa shape index (κ3) is 1.52. The van der Waals surface area contributed by atoms with E-state index in [4.69, 9.17) is 10.8 Å². The minimum atomic E-state index is 0.529. The second kappa shape index (κ2) is 3.77. The molecule has 1 saturated heterocycles. The van der Waals surface area contributed by atoms with Crippen molar-refractivity contribution in [2.24, 2.45) is 0 Å². The smallest absolute Gasteiger partial charge is 0.125 e. The number of nitrogen functional groups attached to an aromatic ring is 1. The number of nitrogens with two attached hydrogens (primary N) is 1. The Morgan fingerprint density at radius 1 is 1.25 bits per heavy atom. The molecule has 1 aromatic heterocycles. The molecule has 88 valence electrons. The van der Waals surface area contributed by atoms with Crippen LogP contribution in [0.25, 0.3) is 0 Å². The Morgan fingerprint density at radius 2 is 2.00 bits per heavy atom. The van der Waals surface area contributed by atoms with Crippen molar-refractivity contribution in [3.05, 3.63) is 11.3 Å². The molecule has 0 aromatic carbocycles. The highest BCUT2D eigenvalue weighted by Gasteiger charge is 2.26. The molecule has 2 N–H and O–H groups in total. The van der Waals surface area contributed by atoms with Crippen molar-refractivity contribution >= 4 is 5.82 Å². The fourth-order valence-corrected chi connectivity index (χ4v) is 2.95. The zero-order valence-electron chi connectivity index (χ0n) is 9.95. The normalized spacial score (nSPS) is 22.6. The molecule has 1 aliphatic carbocycles. The Hall–Kier alpha value is -1.03. The van der Waals surface area contributed by atoms with Crippen molar-refractivity contribution < 1.29 is 0 Å². The van der Waals surface area contributed by atoms with E-state index in [2.05, 4.69) is 16.6 Å². The fourth-order valence-electron chi connectivity index (χ4n) is 2.95. The molecule has 0 spiro atoms. The average molecular weight is 220 g/mol. The molecule has 0 bridgehead atoms. The van der Waals surface area contributed by atoms with Gasteiger partial charge in [0.1, 0.15) is 5.82 Å². The van der Waals surface area contributed by atoms with Gasteiger partial charge in [-0.3, -0.25) is 0 Å². The summed E-state index contributed by atoms with van der Waals surface area (Å²) >= 11 is 0. The first-order valence-corrected chi connectivity index (χ1v) is 6.30. The number of hydrogen-bond acceptors (Lipinski definition) is 3. The van der Waals surface area contributed by atoms with Gasteiger partial charge < -0.3 is 10.6 Å². The second-order valence-corrected chi connectivity index (χ2v) is 5.14. The van der Waals surface area contributed by atoms with E-state index in [0.29, 0.717) is 6.04 Å². The van der Waals surface area contributed by atoms with Crippen molar-refractivity contribution in [1.82, 2.24) is 14.7 Å². The quantitative estimate of drug-likeness (QED) is 0.774. The van der Waals surface area contributed by atoms with E-state index in [9.17, 15) is 0 Å². The average Bonchev–Trinajstić information content (AvgIpc) is 2.84. The van der Waals surface area contributed by atoms with Gasteiger partial charge in [0.15, 0.2) is 0 Å². The zero-order valence-corrected chi connectivity index (χ0v) is 9.95. The van der Waals surface area contributed by atoms with Crippen LogP contribution in [-0.4, -0.2) is 34.8 Å². The molecule has 16 heavy (non-hydrogen) atoms. The van der Waals surface area contributed by atoms with Crippen molar-refractivity contribution in [1.29, 1.82) is 0 Å². The second-order valence-electron chi connectivity index (χ2n) is 5.14. The van der Waals surface area contributed by atoms with Crippen LogP contribution < -0.4 is 5.73 Å². The molecule has 4 heteroatoms. The lowest BCUT2D eigenvalue weighted by Crippen LogP contribution is -2.32. The van der Waals surface area contributed by atoms with Gasteiger partial charge in [0.05, 0.1) is 11.7 Å². The maximum Gasteiger partial charge on any atom is 0.125 e. The van der Waals surface area contributed by atoms with E-state index in [1.807, 2.05) is 0 Å². The Balaban J connectivity index is 1.84. The van der Waals surface area contributed by atoms with Gasteiger partial charge in [-0.25, -0.2) is 4.68 Å². The van der Waals surface area contributed by atoms with Gasteiger partial charge in [-0.15, -0.1) is 0 Å². The lowest BCUT2D eigenvalue weighted by Gasteiger charge is -2.29. The molecule has 0 radical (unpaired) electrons. The Labute approximate surface area is 96.4 Å². The third-order valence-electron chi connectivity index (χ3n) is 4.01. The van der Waals surface area contributed by atoms with Crippen LogP contribution in [0.5, 0.6) is 0 Å². The number of nitrogens with zero attached hydrogens (tertiary/aromatic N) is 3. The number of aromatic nitrogens is 2. The molecule has 0 amide bonds. The minimum absolute atomic E-state index is 0.529. The van der Waals surface area contributed by atoms with E-state index in [0.717, 1.165) is 31.7 Å². The van der Waals surface area contributed by atoms with E-state index in [1.165, 1.54) is 30.5 Å². The molecule has 1 fully saturated rings. The first-order valence-electron chi connectivity index (χ1n) is 6.30. The predicted molar refractivity (Wildman–Crippen MR) is 64.4 cm³/mol. The Morgan fingerprint density at radius 3 is 2.69 bits per heavy atom. The van der Waals surface area contributed by atoms with Gasteiger partial charge in [0, 0.05) is 5.56 Å². The zero-order chi connectivity index (χ0) is 11.1. The summed E-state index contributed by atoms with van der Waals surface area (Å²) < 4.78 is 2.11. The van der Waals surface area contributed by atoms with Crippen LogP contribution >= 0.6 is 0 Å². The number of fused-ring (bicyclic) bond motifs is 1. The number of aryl methyl sites for hydroxylation is 1. The van der Waals surface area contributed by atoms with Crippen molar-refractivity contribution in [3.8, 4) is 0 Å². The Bertz CT molecular complexity index is 388. The van der Waals surface area contributed by atoms with Gasteiger partial charge in [-0.2, -0.15) is 5.10 Å². The van der Waals surface area contributed by atoms with Crippen LogP contribution in [0.1, 0.15) is 36.6 Å². The van der Waals surface area contributed by atoms with Crippen molar-refractivity contribution in [2.45, 2.75) is 38.1 Å². The molecule has 2 aliphatic rings. The van der Waals surface area contributed by atoms with Crippen LogP contribution in [0.15, 0.2) is 0 Å². The number of piperidine rings is 1. The number of rotatable bonds is 1. The van der Waals surface area contributed by atoms with Crippen molar-refractivity contribution in [3.63, 3.8) is 0 Å². The van der Waals surface area contributed by atoms with Crippen LogP contribution in [0.4, 0.5) is 5.82 Å². The van der Waals surface area contributed by atoms with Gasteiger partial charge in [0.2, 0.25) is 0 Å². The largest absolute Gasteiger partial charge is 0.384 e. The lowest BCUT2D eigenvalue weighted by molar-refractivity contribution is 0.213. The highest BCUT2D eigenvalue weighted by atomic mass is 15.3. The highest BCUT2D eigenvalue weighted by Crippen LogP contribution is 2.31. The number of anilines is 1. The molecule has 4 nitrogen and oxygen atoms in total. The highest BCUT2D eigenvalue weighted by molar-refractivity contribution is 5.46. The van der Waals surface area contributed by atoms with Gasteiger partial charge in [-0.05, 0) is 52.2 Å². The molecule has 0 saturated carbocycles. The van der Waals surface area contributed by atoms with Gasteiger partial charge >= 0.3 is 0 Å². The predicted octanol–water partition coefficient (Wildman–Crippen LogP) is 1.22. The van der Waals surface area contributed by atoms with E-state index < -0.39 is 0 Å². The van der Waals surface area contributed by atoms with Gasteiger partial charge in [-0.1, -0.05) is 0 Å². The Kier molecular flexibility index (Phi) is 2.39. The molecule has 0 atom stereocenters. The molecule has 3 rings (SSSR count). The summed E-state index contributed by atoms with van der Waals surface area (Å²) in [5.41, 5.74) is 8.80. The van der Waals surface area contributed by atoms with Gasteiger partial charge in [0.25, 0.3) is 0 Å². The fraction of sp³-hybridized carbons (Fsp3) is 0.750. The lowest BCUT2D eigenvalue weighted by atomic mass is 10.1. The van der Waals surface area contributed by atoms with E-state index in [1.54, 1.807) is 0 Å². The number of likely N-dealkylation sites (tertiary alicyclic amines) is 1. The maximum absolute atomic E-state index is 6.21. The van der Waals surface area contributed by atoms with Crippen molar-refractivity contribution in [2.75, 3.05) is 25.9 Å². The first kappa shape index (κ1) is 10.1. The molecular formula is C12H20N4. The summed E-state index contributed by atoms with van der Waals surface area (Å²) in [5, 5.41) is 4.71. The van der Waals surface area contributed by atoms with Crippen LogP contribution in [0.2, 0.25) is 0 Å². The summed E-state index contributed by atoms with van der Waals surface area (Å²) in [4.78, 5) is 2.38. The summed E-state index contributed by atoms with van der Waals surface area (Å²) in [6.45, 7) is 2.32. The molecular weight excluding hydrogens is 200 g/mol. The molecule has 1 aromatic rings. The molecule has 0 unspecified atom stereocenters. The maximum atomic E-state index is 6.21. The first-order chi connectivity index (χ1) is 7.75. The van der Waals surface area contributed by atoms with E-state index >= 15 is 0 Å². The standard InChI is InChI=1S/C12H20N4/c1-15-7-5-9(6-8-15)16-12(13)10-3-2-4-11(10)14-16/h9H,2-8,13H2,1H3. The summed E-state index contributed by atoms with van der Waals surface area (Å²) in [7, 11) is 2.18. The number of hydrogen-bond donors (Lipinski definition) is 1. The van der Waals surface area contributed by atoms with Crippen LogP contribution in [-0.2, 0) is 12.8 Å². The molecule has 2 heterocycles. The molecule has 1 aliphatic heterocycles. The third-order valence-corrected chi connectivity index (χ3v) is 4.01. The van der Waals surface area contributed by atoms with E-state index in [-0.39, 0.29) is 0 Å². The topological polar surface area (TPSA) is 47.1 Å². The minimum Gasteiger partial charge on any atom is -0.384 e. The van der Waals surface area contributed by atoms with Crippen LogP contribution in [0, 0.1) is 0 Å². The SMILES string of the molecule is CN1CCC(n2nc3c(c2N)CCC3)CC1. The summed E-state index contributed by atoms with van der Waals surface area (Å²) in [6.07, 6.45) is 5.85. The summed E-state index contributed by atoms with van der Waals surface area (Å²) in [5.74, 6) is 0.946. The summed E-state index contributed by atoms with van der Waals surface area (Å²) in [6, 6.07) is 0.529. The van der Waals surface area contributed by atoms with Crippen LogP contribution in [0.3, 0.4) is 0 Å².